The van der Waals surface area contributed by atoms with Gasteiger partial charge in [0.25, 0.3) is 5.91 Å². The summed E-state index contributed by atoms with van der Waals surface area (Å²) in [5.41, 5.74) is 2.28. The molecule has 0 radical (unpaired) electrons. The van der Waals surface area contributed by atoms with Crippen molar-refractivity contribution in [2.24, 2.45) is 0 Å². The molecule has 0 saturated carbocycles. The molecule has 0 fully saturated rings. The van der Waals surface area contributed by atoms with Crippen molar-refractivity contribution in [3.05, 3.63) is 83.4 Å². The molecule has 0 saturated heterocycles. The first kappa shape index (κ1) is 17.1. The molecule has 128 valence electrons. The van der Waals surface area contributed by atoms with E-state index in [2.05, 4.69) is 5.32 Å². The van der Waals surface area contributed by atoms with E-state index in [0.717, 1.165) is 21.9 Å². The van der Waals surface area contributed by atoms with Crippen LogP contribution < -0.4 is 5.32 Å². The van der Waals surface area contributed by atoms with Gasteiger partial charge in [0, 0.05) is 19.2 Å². The van der Waals surface area contributed by atoms with Crippen molar-refractivity contribution < 1.29 is 14.6 Å². The summed E-state index contributed by atoms with van der Waals surface area (Å²) in [5.74, 6) is -0.210. The number of nitrogens with one attached hydrogen (secondary N) is 1. The summed E-state index contributed by atoms with van der Waals surface area (Å²) >= 11 is 0. The molecule has 0 unspecified atom stereocenters. The second-order valence-corrected chi connectivity index (χ2v) is 5.97. The largest absolute Gasteiger partial charge is 0.387 e. The molecule has 25 heavy (non-hydrogen) atoms. The maximum Gasteiger partial charge on any atom is 0.251 e. The van der Waals surface area contributed by atoms with E-state index < -0.39 is 6.10 Å². The van der Waals surface area contributed by atoms with Crippen LogP contribution in [0.25, 0.3) is 10.8 Å². The summed E-state index contributed by atoms with van der Waals surface area (Å²) < 4.78 is 5.08. The summed E-state index contributed by atoms with van der Waals surface area (Å²) in [7, 11) is 1.62. The van der Waals surface area contributed by atoms with Gasteiger partial charge in [0.05, 0.1) is 12.7 Å². The highest BCUT2D eigenvalue weighted by Gasteiger charge is 2.12. The van der Waals surface area contributed by atoms with Gasteiger partial charge < -0.3 is 15.2 Å². The third-order valence-electron chi connectivity index (χ3n) is 4.11. The molecule has 0 spiro atoms. The van der Waals surface area contributed by atoms with Gasteiger partial charge in [-0.3, -0.25) is 4.79 Å². The minimum atomic E-state index is -0.754. The quantitative estimate of drug-likeness (QED) is 0.725. The summed E-state index contributed by atoms with van der Waals surface area (Å²) in [6.45, 7) is 0.618. The number of hydrogen-bond acceptors (Lipinski definition) is 3. The monoisotopic (exact) mass is 335 g/mol. The molecular formula is C21H21NO3. The molecule has 3 rings (SSSR count). The Kier molecular flexibility index (Phi) is 5.43. The standard InChI is InChI=1S/C21H21NO3/c1-25-14-15-5-4-8-19(11-15)21(24)22-13-20(23)18-10-9-16-6-2-3-7-17(16)12-18/h2-12,20,23H,13-14H2,1H3,(H,22,24)/t20-/m0/s1. The van der Waals surface area contributed by atoms with E-state index in [9.17, 15) is 9.90 Å². The number of rotatable bonds is 6. The van der Waals surface area contributed by atoms with Gasteiger partial charge in [-0.1, -0.05) is 48.5 Å². The highest BCUT2D eigenvalue weighted by Crippen LogP contribution is 2.20. The highest BCUT2D eigenvalue weighted by atomic mass is 16.5. The van der Waals surface area contributed by atoms with Crippen LogP contribution in [-0.2, 0) is 11.3 Å². The van der Waals surface area contributed by atoms with Crippen LogP contribution in [0, 0.1) is 0 Å². The fraction of sp³-hybridized carbons (Fsp3) is 0.190. The highest BCUT2D eigenvalue weighted by molar-refractivity contribution is 5.94. The van der Waals surface area contributed by atoms with E-state index in [-0.39, 0.29) is 12.5 Å². The number of aliphatic hydroxyl groups excluding tert-OH is 1. The zero-order valence-corrected chi connectivity index (χ0v) is 14.1. The number of methoxy groups -OCH3 is 1. The Bertz CT molecular complexity index is 876. The maximum absolute atomic E-state index is 12.3. The molecule has 0 aliphatic heterocycles. The average Bonchev–Trinajstić information content (AvgIpc) is 2.66. The lowest BCUT2D eigenvalue weighted by Gasteiger charge is -2.13. The van der Waals surface area contributed by atoms with Gasteiger partial charge in [-0.15, -0.1) is 0 Å². The molecule has 3 aromatic carbocycles. The smallest absolute Gasteiger partial charge is 0.251 e. The number of hydrogen-bond donors (Lipinski definition) is 2. The molecule has 0 aromatic heterocycles. The molecule has 1 amide bonds. The van der Waals surface area contributed by atoms with Crippen LogP contribution in [0.1, 0.15) is 27.6 Å². The number of ether oxygens (including phenoxy) is 1. The molecule has 0 aliphatic carbocycles. The van der Waals surface area contributed by atoms with Gasteiger partial charge in [-0.05, 0) is 40.1 Å². The van der Waals surface area contributed by atoms with Crippen LogP contribution in [0.5, 0.6) is 0 Å². The lowest BCUT2D eigenvalue weighted by Crippen LogP contribution is -2.28. The number of carbonyl (C=O) groups is 1. The van der Waals surface area contributed by atoms with Gasteiger partial charge >= 0.3 is 0 Å². The number of amides is 1. The third-order valence-corrected chi connectivity index (χ3v) is 4.11. The van der Waals surface area contributed by atoms with Gasteiger partial charge in [0.1, 0.15) is 0 Å². The number of benzene rings is 3. The summed E-state index contributed by atoms with van der Waals surface area (Å²) in [6, 6.07) is 21.1. The van der Waals surface area contributed by atoms with Crippen LogP contribution in [0.15, 0.2) is 66.7 Å². The average molecular weight is 335 g/mol. The number of carbonyl (C=O) groups excluding carboxylic acids is 1. The molecule has 4 nitrogen and oxygen atoms in total. The number of aliphatic hydroxyl groups is 1. The minimum Gasteiger partial charge on any atom is -0.387 e. The summed E-state index contributed by atoms with van der Waals surface area (Å²) in [6.07, 6.45) is -0.754. The Morgan fingerprint density at radius 3 is 2.64 bits per heavy atom. The van der Waals surface area contributed by atoms with Crippen molar-refractivity contribution in [3.63, 3.8) is 0 Å². The fourth-order valence-electron chi connectivity index (χ4n) is 2.79. The topological polar surface area (TPSA) is 58.6 Å². The van der Waals surface area contributed by atoms with Crippen molar-refractivity contribution in [1.29, 1.82) is 0 Å². The minimum absolute atomic E-state index is 0.158. The van der Waals surface area contributed by atoms with Gasteiger partial charge in [0.15, 0.2) is 0 Å². The van der Waals surface area contributed by atoms with E-state index in [0.29, 0.717) is 12.2 Å². The number of fused-ring (bicyclic) bond motifs is 1. The van der Waals surface area contributed by atoms with E-state index >= 15 is 0 Å². The Hall–Kier alpha value is -2.69. The van der Waals surface area contributed by atoms with Crippen LogP contribution >= 0.6 is 0 Å². The van der Waals surface area contributed by atoms with Crippen molar-refractivity contribution in [2.45, 2.75) is 12.7 Å². The van der Waals surface area contributed by atoms with E-state index in [1.807, 2.05) is 54.6 Å². The predicted molar refractivity (Wildman–Crippen MR) is 98.4 cm³/mol. The molecule has 2 N–H and O–H groups in total. The second-order valence-electron chi connectivity index (χ2n) is 5.97. The van der Waals surface area contributed by atoms with Crippen molar-refractivity contribution in [1.82, 2.24) is 5.32 Å². The zero-order chi connectivity index (χ0) is 17.6. The fourth-order valence-corrected chi connectivity index (χ4v) is 2.79. The van der Waals surface area contributed by atoms with Crippen LogP contribution in [-0.4, -0.2) is 24.7 Å². The van der Waals surface area contributed by atoms with E-state index in [1.165, 1.54) is 0 Å². The Labute approximate surface area is 147 Å². The van der Waals surface area contributed by atoms with E-state index in [4.69, 9.17) is 4.74 Å². The SMILES string of the molecule is COCc1cccc(C(=O)NC[C@H](O)c2ccc3ccccc3c2)c1. The Morgan fingerprint density at radius 1 is 1.04 bits per heavy atom. The van der Waals surface area contributed by atoms with Crippen molar-refractivity contribution in [2.75, 3.05) is 13.7 Å². The molecule has 4 heteroatoms. The molecular weight excluding hydrogens is 314 g/mol. The summed E-state index contributed by atoms with van der Waals surface area (Å²) in [4.78, 5) is 12.3. The summed E-state index contributed by atoms with van der Waals surface area (Å²) in [5, 5.41) is 15.4. The van der Waals surface area contributed by atoms with Gasteiger partial charge in [0.2, 0.25) is 0 Å². The lowest BCUT2D eigenvalue weighted by atomic mass is 10.0. The third kappa shape index (κ3) is 4.24. The van der Waals surface area contributed by atoms with E-state index in [1.54, 1.807) is 19.2 Å². The first-order valence-electron chi connectivity index (χ1n) is 8.20. The predicted octanol–water partition coefficient (Wildman–Crippen LogP) is 3.45. The molecule has 1 atom stereocenters. The normalized spacial score (nSPS) is 12.1. The maximum atomic E-state index is 12.3. The van der Waals surface area contributed by atoms with Crippen molar-refractivity contribution >= 4 is 16.7 Å². The molecule has 0 aliphatic rings. The Morgan fingerprint density at radius 2 is 1.84 bits per heavy atom. The zero-order valence-electron chi connectivity index (χ0n) is 14.1. The van der Waals surface area contributed by atoms with Crippen LogP contribution in [0.4, 0.5) is 0 Å². The Balaban J connectivity index is 1.65. The van der Waals surface area contributed by atoms with Gasteiger partial charge in [-0.2, -0.15) is 0 Å². The molecule has 0 bridgehead atoms. The molecule has 3 aromatic rings. The van der Waals surface area contributed by atoms with Crippen LogP contribution in [0.2, 0.25) is 0 Å². The first-order chi connectivity index (χ1) is 12.2. The first-order valence-corrected chi connectivity index (χ1v) is 8.20. The van der Waals surface area contributed by atoms with Crippen molar-refractivity contribution in [3.8, 4) is 0 Å². The molecule has 0 heterocycles. The van der Waals surface area contributed by atoms with Gasteiger partial charge in [-0.25, -0.2) is 0 Å². The van der Waals surface area contributed by atoms with Crippen LogP contribution in [0.3, 0.4) is 0 Å². The second kappa shape index (κ2) is 7.92. The lowest BCUT2D eigenvalue weighted by molar-refractivity contribution is 0.0916.